The fourth-order valence-corrected chi connectivity index (χ4v) is 18.2. The van der Waals surface area contributed by atoms with Gasteiger partial charge in [-0.25, -0.2) is 0 Å². The Morgan fingerprint density at radius 2 is 0.378 bits per heavy atom. The van der Waals surface area contributed by atoms with E-state index in [4.69, 9.17) is 13.3 Å². The maximum absolute atomic E-state index is 6.51. The maximum atomic E-state index is 6.51. The molecule has 516 valence electrons. The molecule has 0 spiro atoms. The van der Waals surface area contributed by atoms with Crippen LogP contribution in [-0.4, -0.2) is 0 Å². The summed E-state index contributed by atoms with van der Waals surface area (Å²) in [5.41, 5.74) is 20.4. The fourth-order valence-electron chi connectivity index (χ4n) is 18.2. The van der Waals surface area contributed by atoms with E-state index in [9.17, 15) is 0 Å². The quantitative estimate of drug-likeness (QED) is 0.156. The Morgan fingerprint density at radius 1 is 0.126 bits per heavy atom. The van der Waals surface area contributed by atoms with Crippen molar-refractivity contribution in [2.24, 2.45) is 0 Å². The molecule has 0 saturated carbocycles. The zero-order chi connectivity index (χ0) is 73.0. The molecule has 0 saturated heterocycles. The van der Waals surface area contributed by atoms with Crippen LogP contribution in [0.1, 0.15) is 0 Å². The van der Waals surface area contributed by atoms with Crippen molar-refractivity contribution >= 4 is 163 Å². The molecule has 0 radical (unpaired) electrons. The zero-order valence-corrected chi connectivity index (χ0v) is 60.3. The lowest BCUT2D eigenvalue weighted by Gasteiger charge is -2.18. The molecule has 3 nitrogen and oxygen atoms in total. The average Bonchev–Trinajstić information content (AvgIpc) is 1.61. The Labute approximate surface area is 639 Å². The first-order chi connectivity index (χ1) is 55.1. The number of benzene rings is 21. The van der Waals surface area contributed by atoms with E-state index < -0.39 is 0 Å². The first-order valence-corrected chi connectivity index (χ1v) is 38.1. The molecule has 3 aromatic heterocycles. The van der Waals surface area contributed by atoms with Crippen molar-refractivity contribution in [3.63, 3.8) is 0 Å². The van der Waals surface area contributed by atoms with Crippen molar-refractivity contribution in [2.45, 2.75) is 0 Å². The van der Waals surface area contributed by atoms with Gasteiger partial charge in [0.15, 0.2) is 0 Å². The molecule has 0 unspecified atom stereocenters. The van der Waals surface area contributed by atoms with Gasteiger partial charge in [-0.15, -0.1) is 0 Å². The van der Waals surface area contributed by atoms with E-state index in [0.717, 1.165) is 76.9 Å². The highest BCUT2D eigenvalue weighted by Crippen LogP contribution is 2.51. The molecule has 0 aliphatic carbocycles. The van der Waals surface area contributed by atoms with E-state index >= 15 is 0 Å². The van der Waals surface area contributed by atoms with E-state index in [2.05, 4.69) is 376 Å². The van der Waals surface area contributed by atoms with Crippen LogP contribution in [0.3, 0.4) is 0 Å². The third-order valence-electron chi connectivity index (χ3n) is 23.0. The monoisotopic (exact) mass is 1410 g/mol. The predicted molar refractivity (Wildman–Crippen MR) is 471 cm³/mol. The summed E-state index contributed by atoms with van der Waals surface area (Å²) in [6.45, 7) is 0. The topological polar surface area (TPSA) is 39.4 Å². The minimum absolute atomic E-state index is 0.922. The smallest absolute Gasteiger partial charge is 0.143 e. The van der Waals surface area contributed by atoms with Gasteiger partial charge in [0, 0.05) is 54.6 Å². The van der Waals surface area contributed by atoms with Crippen molar-refractivity contribution in [2.75, 3.05) is 0 Å². The highest BCUT2D eigenvalue weighted by molar-refractivity contribution is 6.29. The maximum Gasteiger partial charge on any atom is 0.143 e. The van der Waals surface area contributed by atoms with Gasteiger partial charge in [0.2, 0.25) is 0 Å². The van der Waals surface area contributed by atoms with Crippen LogP contribution in [0.2, 0.25) is 0 Å². The second kappa shape index (κ2) is 26.1. The van der Waals surface area contributed by atoms with Crippen LogP contribution in [0.15, 0.2) is 414 Å². The third-order valence-corrected chi connectivity index (χ3v) is 23.0. The zero-order valence-electron chi connectivity index (χ0n) is 60.3. The molecule has 0 bridgehead atoms. The first kappa shape index (κ1) is 63.6. The van der Waals surface area contributed by atoms with Crippen LogP contribution in [0.5, 0.6) is 0 Å². The van der Waals surface area contributed by atoms with Crippen LogP contribution in [0.25, 0.3) is 230 Å². The molecular formula is C108H66O3. The summed E-state index contributed by atoms with van der Waals surface area (Å²) in [5.74, 6) is 0. The number of hydrogen-bond acceptors (Lipinski definition) is 3. The SMILES string of the molecule is c1ccc2c(-c3c4ccccc4c(-c4ccc5oc6ccccc6c5c4)c4ccccc34)cccc2c1.c1ccc2c(-c3c4ccccc4c(-c4cccc5c4oc4ccccc45)c4ccccc34)cccc2c1.c1ccc2cc(-c3c4ccccc4c(-c4cccc5c4oc4ccccc45)c4ccccc34)ccc2c1. The summed E-state index contributed by atoms with van der Waals surface area (Å²) in [5, 5.41) is 29.5. The van der Waals surface area contributed by atoms with E-state index in [0.29, 0.717) is 0 Å². The van der Waals surface area contributed by atoms with Crippen molar-refractivity contribution in [1.82, 2.24) is 0 Å². The van der Waals surface area contributed by atoms with Crippen LogP contribution >= 0.6 is 0 Å². The highest BCUT2D eigenvalue weighted by atomic mass is 16.3. The van der Waals surface area contributed by atoms with Gasteiger partial charge >= 0.3 is 0 Å². The second-order valence-corrected chi connectivity index (χ2v) is 29.0. The number of rotatable bonds is 6. The summed E-state index contributed by atoms with van der Waals surface area (Å²) in [7, 11) is 0. The lowest BCUT2D eigenvalue weighted by molar-refractivity contribution is 0.669. The van der Waals surface area contributed by atoms with Gasteiger partial charge < -0.3 is 13.3 Å². The molecule has 111 heavy (non-hydrogen) atoms. The standard InChI is InChI=1S/3C36H22O/c1-2-13-24-23(11-1)12-9-19-26(24)34-27-15-3-5-17-29(27)35(30-18-6-4-16-28(30)34)32-21-10-20-31-25-14-7-8-22-33(25)37-36(31)32;1-2-12-25-23(10-1)11-9-18-27(25)36-30-16-5-3-14-28(30)35(29-15-4-6-17-31(29)36)24-20-21-34-32(22-24)26-13-7-8-19-33(26)37-34;1-2-11-24-22-25(21-20-23(24)10-1)34-27-13-3-5-15-29(27)35(30-16-6-4-14-28(30)34)32-18-9-17-31-26-12-7-8-19-33(26)37-36(31)32/h3*1-22H. The van der Waals surface area contributed by atoms with E-state index in [1.165, 1.54) is 153 Å². The van der Waals surface area contributed by atoms with Gasteiger partial charge in [0.1, 0.15) is 33.5 Å². The van der Waals surface area contributed by atoms with Crippen molar-refractivity contribution in [3.8, 4) is 66.8 Å². The molecule has 24 rings (SSSR count). The number of fused-ring (bicyclic) bond motifs is 18. The van der Waals surface area contributed by atoms with Gasteiger partial charge in [-0.3, -0.25) is 0 Å². The van der Waals surface area contributed by atoms with Crippen LogP contribution in [-0.2, 0) is 0 Å². The molecule has 0 atom stereocenters. The first-order valence-electron chi connectivity index (χ1n) is 38.1. The van der Waals surface area contributed by atoms with Crippen LogP contribution in [0, 0.1) is 0 Å². The van der Waals surface area contributed by atoms with Gasteiger partial charge in [0.05, 0.1) is 0 Å². The third kappa shape index (κ3) is 10.4. The van der Waals surface area contributed by atoms with E-state index in [-0.39, 0.29) is 0 Å². The van der Waals surface area contributed by atoms with Crippen molar-refractivity contribution in [1.29, 1.82) is 0 Å². The molecule has 0 aliphatic rings. The van der Waals surface area contributed by atoms with Gasteiger partial charge in [-0.1, -0.05) is 364 Å². The van der Waals surface area contributed by atoms with E-state index in [1.54, 1.807) is 0 Å². The minimum atomic E-state index is 0.922. The Morgan fingerprint density at radius 3 is 0.784 bits per heavy atom. The van der Waals surface area contributed by atoms with Crippen molar-refractivity contribution in [3.05, 3.63) is 400 Å². The molecule has 0 fully saturated rings. The normalized spacial score (nSPS) is 11.8. The lowest BCUT2D eigenvalue weighted by atomic mass is 9.84. The number of furan rings is 3. The van der Waals surface area contributed by atoms with Crippen LogP contribution in [0.4, 0.5) is 0 Å². The van der Waals surface area contributed by atoms with E-state index in [1.807, 2.05) is 24.3 Å². The Kier molecular flexibility index (Phi) is 15.0. The number of para-hydroxylation sites is 5. The molecule has 0 amide bonds. The Bertz CT molecular complexity index is 7720. The summed E-state index contributed by atoms with van der Waals surface area (Å²) in [4.78, 5) is 0. The molecule has 21 aromatic carbocycles. The summed E-state index contributed by atoms with van der Waals surface area (Å²) >= 11 is 0. The molecule has 24 aromatic rings. The molecule has 0 aliphatic heterocycles. The second-order valence-electron chi connectivity index (χ2n) is 29.0. The predicted octanol–water partition coefficient (Wildman–Crippen LogP) is 31.1. The summed E-state index contributed by atoms with van der Waals surface area (Å²) < 4.78 is 19.1. The lowest BCUT2D eigenvalue weighted by Crippen LogP contribution is -1.91. The Hall–Kier alpha value is -14.6. The number of hydrogen-bond donors (Lipinski definition) is 0. The molecule has 3 heteroatoms. The molecule has 0 N–H and O–H groups in total. The Balaban J connectivity index is 0.000000102. The molecular weight excluding hydrogens is 1350 g/mol. The summed E-state index contributed by atoms with van der Waals surface area (Å²) in [6, 6.07) is 144. The average molecular weight is 1410 g/mol. The highest BCUT2D eigenvalue weighted by Gasteiger charge is 2.25. The largest absolute Gasteiger partial charge is 0.456 e. The van der Waals surface area contributed by atoms with Gasteiger partial charge in [-0.05, 0) is 178 Å². The van der Waals surface area contributed by atoms with Gasteiger partial charge in [-0.2, -0.15) is 0 Å². The fraction of sp³-hybridized carbons (Fsp3) is 0. The minimum Gasteiger partial charge on any atom is -0.456 e. The summed E-state index contributed by atoms with van der Waals surface area (Å²) in [6.07, 6.45) is 0. The molecule has 3 heterocycles. The van der Waals surface area contributed by atoms with Crippen molar-refractivity contribution < 1.29 is 13.3 Å². The van der Waals surface area contributed by atoms with Gasteiger partial charge in [0.25, 0.3) is 0 Å². The van der Waals surface area contributed by atoms with Crippen LogP contribution < -0.4 is 0 Å².